The summed E-state index contributed by atoms with van der Waals surface area (Å²) in [7, 11) is 0. The van der Waals surface area contributed by atoms with Gasteiger partial charge in [0.2, 0.25) is 11.8 Å². The quantitative estimate of drug-likeness (QED) is 0.781. The first kappa shape index (κ1) is 17.9. The van der Waals surface area contributed by atoms with Gasteiger partial charge in [0.1, 0.15) is 0 Å². The van der Waals surface area contributed by atoms with Gasteiger partial charge in [0.15, 0.2) is 5.78 Å². The van der Waals surface area contributed by atoms with Crippen LogP contribution < -0.4 is 10.6 Å². The van der Waals surface area contributed by atoms with Crippen molar-refractivity contribution in [3.05, 3.63) is 59.7 Å². The van der Waals surface area contributed by atoms with E-state index in [0.29, 0.717) is 17.7 Å². The molecule has 0 aromatic heterocycles. The standard InChI is InChI=1S/C21H22N2O3/c1-3-14-7-9-16(10-8-14)22-20(25)18-12-19(18)21(26)23-17-6-4-5-15(11-17)13(2)24/h4-11,18-19H,3,12H2,1-2H3,(H,22,25)(H,23,26). The van der Waals surface area contributed by atoms with Crippen LogP contribution in [0.15, 0.2) is 48.5 Å². The van der Waals surface area contributed by atoms with Crippen LogP contribution >= 0.6 is 0 Å². The second-order valence-electron chi connectivity index (χ2n) is 6.61. The van der Waals surface area contributed by atoms with Gasteiger partial charge in [0, 0.05) is 16.9 Å². The lowest BCUT2D eigenvalue weighted by atomic mass is 10.1. The van der Waals surface area contributed by atoms with Crippen LogP contribution in [0.25, 0.3) is 0 Å². The fourth-order valence-electron chi connectivity index (χ4n) is 2.88. The monoisotopic (exact) mass is 350 g/mol. The number of amides is 2. The van der Waals surface area contributed by atoms with Crippen molar-refractivity contribution < 1.29 is 14.4 Å². The molecular weight excluding hydrogens is 328 g/mol. The van der Waals surface area contributed by atoms with Gasteiger partial charge < -0.3 is 10.6 Å². The highest BCUT2D eigenvalue weighted by atomic mass is 16.2. The third-order valence-corrected chi connectivity index (χ3v) is 4.63. The van der Waals surface area contributed by atoms with E-state index in [9.17, 15) is 14.4 Å². The number of ketones is 1. The van der Waals surface area contributed by atoms with Crippen LogP contribution in [0.3, 0.4) is 0 Å². The van der Waals surface area contributed by atoms with Gasteiger partial charge in [-0.05, 0) is 49.6 Å². The number of Topliss-reactive ketones (excluding diaryl/α,β-unsaturated/α-hetero) is 1. The highest BCUT2D eigenvalue weighted by Crippen LogP contribution is 2.40. The maximum Gasteiger partial charge on any atom is 0.228 e. The lowest BCUT2D eigenvalue weighted by molar-refractivity contribution is -0.122. The van der Waals surface area contributed by atoms with Gasteiger partial charge in [0.05, 0.1) is 11.8 Å². The number of hydrogen-bond acceptors (Lipinski definition) is 3. The van der Waals surface area contributed by atoms with Crippen LogP contribution in [0.1, 0.15) is 36.2 Å². The van der Waals surface area contributed by atoms with Crippen LogP contribution in [-0.4, -0.2) is 17.6 Å². The first-order chi connectivity index (χ1) is 12.5. The summed E-state index contributed by atoms with van der Waals surface area (Å²) in [6.07, 6.45) is 1.49. The molecule has 0 saturated heterocycles. The Morgan fingerprint density at radius 3 is 2.12 bits per heavy atom. The molecule has 134 valence electrons. The summed E-state index contributed by atoms with van der Waals surface area (Å²) in [5, 5.41) is 5.66. The van der Waals surface area contributed by atoms with Gasteiger partial charge in [-0.3, -0.25) is 14.4 Å². The number of carbonyl (C=O) groups excluding carboxylic acids is 3. The Morgan fingerprint density at radius 1 is 0.923 bits per heavy atom. The normalized spacial score (nSPS) is 18.1. The summed E-state index contributed by atoms with van der Waals surface area (Å²) in [4.78, 5) is 36.1. The predicted octanol–water partition coefficient (Wildman–Crippen LogP) is 3.66. The minimum absolute atomic E-state index is 0.0566. The molecular formula is C21H22N2O3. The van der Waals surface area contributed by atoms with Gasteiger partial charge in [-0.25, -0.2) is 0 Å². The van der Waals surface area contributed by atoms with Crippen molar-refractivity contribution in [1.82, 2.24) is 0 Å². The van der Waals surface area contributed by atoms with Gasteiger partial charge in [-0.15, -0.1) is 0 Å². The van der Waals surface area contributed by atoms with E-state index in [1.54, 1.807) is 24.3 Å². The number of anilines is 2. The molecule has 26 heavy (non-hydrogen) atoms. The minimum Gasteiger partial charge on any atom is -0.326 e. The van der Waals surface area contributed by atoms with E-state index >= 15 is 0 Å². The SMILES string of the molecule is CCc1ccc(NC(=O)C2CC2C(=O)Nc2cccc(C(C)=O)c2)cc1. The summed E-state index contributed by atoms with van der Waals surface area (Å²) in [6, 6.07) is 14.5. The molecule has 0 bridgehead atoms. The molecule has 0 spiro atoms. The number of rotatable bonds is 6. The summed E-state index contributed by atoms with van der Waals surface area (Å²) in [5.74, 6) is -1.01. The van der Waals surface area contributed by atoms with E-state index in [2.05, 4.69) is 17.6 Å². The summed E-state index contributed by atoms with van der Waals surface area (Å²) < 4.78 is 0. The van der Waals surface area contributed by atoms with Crippen molar-refractivity contribution in [3.63, 3.8) is 0 Å². The molecule has 0 aliphatic heterocycles. The van der Waals surface area contributed by atoms with Gasteiger partial charge >= 0.3 is 0 Å². The summed E-state index contributed by atoms with van der Waals surface area (Å²) in [5.41, 5.74) is 3.07. The molecule has 2 aromatic carbocycles. The second kappa shape index (κ2) is 7.52. The third-order valence-electron chi connectivity index (χ3n) is 4.63. The highest BCUT2D eigenvalue weighted by Gasteiger charge is 2.48. The fraction of sp³-hybridized carbons (Fsp3) is 0.286. The maximum absolute atomic E-state index is 12.3. The van der Waals surface area contributed by atoms with E-state index in [-0.39, 0.29) is 29.4 Å². The molecule has 1 fully saturated rings. The molecule has 1 aliphatic rings. The zero-order valence-electron chi connectivity index (χ0n) is 14.9. The zero-order chi connectivity index (χ0) is 18.7. The van der Waals surface area contributed by atoms with Crippen LogP contribution in [0.5, 0.6) is 0 Å². The molecule has 2 N–H and O–H groups in total. The van der Waals surface area contributed by atoms with Crippen LogP contribution in [0.4, 0.5) is 11.4 Å². The Bertz CT molecular complexity index is 843. The Labute approximate surface area is 152 Å². The largest absolute Gasteiger partial charge is 0.326 e. The van der Waals surface area contributed by atoms with E-state index in [1.807, 2.05) is 24.3 Å². The minimum atomic E-state index is -0.328. The number of nitrogens with one attached hydrogen (secondary N) is 2. The molecule has 1 saturated carbocycles. The predicted molar refractivity (Wildman–Crippen MR) is 101 cm³/mol. The molecule has 2 aromatic rings. The Hall–Kier alpha value is -2.95. The van der Waals surface area contributed by atoms with Gasteiger partial charge in [0.25, 0.3) is 0 Å². The maximum atomic E-state index is 12.3. The van der Waals surface area contributed by atoms with E-state index in [0.717, 1.165) is 12.1 Å². The Kier molecular flexibility index (Phi) is 5.16. The van der Waals surface area contributed by atoms with Crippen LogP contribution in [-0.2, 0) is 16.0 Å². The number of hydrogen-bond donors (Lipinski definition) is 2. The van der Waals surface area contributed by atoms with Crippen molar-refractivity contribution >= 4 is 29.0 Å². The molecule has 5 nitrogen and oxygen atoms in total. The van der Waals surface area contributed by atoms with E-state index < -0.39 is 0 Å². The molecule has 2 unspecified atom stereocenters. The lowest BCUT2D eigenvalue weighted by Gasteiger charge is -2.07. The first-order valence-electron chi connectivity index (χ1n) is 8.79. The van der Waals surface area contributed by atoms with Crippen molar-refractivity contribution in [2.45, 2.75) is 26.7 Å². The van der Waals surface area contributed by atoms with Crippen molar-refractivity contribution in [1.29, 1.82) is 0 Å². The second-order valence-corrected chi connectivity index (χ2v) is 6.61. The van der Waals surface area contributed by atoms with Gasteiger partial charge in [-0.1, -0.05) is 31.2 Å². The topological polar surface area (TPSA) is 75.3 Å². The smallest absolute Gasteiger partial charge is 0.228 e. The fourth-order valence-corrected chi connectivity index (χ4v) is 2.88. The summed E-state index contributed by atoms with van der Waals surface area (Å²) in [6.45, 7) is 3.56. The molecule has 1 aliphatic carbocycles. The zero-order valence-corrected chi connectivity index (χ0v) is 14.9. The number of benzene rings is 2. The molecule has 2 amide bonds. The van der Waals surface area contributed by atoms with E-state index in [4.69, 9.17) is 0 Å². The molecule has 2 atom stereocenters. The van der Waals surface area contributed by atoms with Crippen molar-refractivity contribution in [3.8, 4) is 0 Å². The molecule has 3 rings (SSSR count). The van der Waals surface area contributed by atoms with Crippen LogP contribution in [0, 0.1) is 11.8 Å². The van der Waals surface area contributed by atoms with Gasteiger partial charge in [-0.2, -0.15) is 0 Å². The lowest BCUT2D eigenvalue weighted by Crippen LogP contribution is -2.20. The number of carbonyl (C=O) groups is 3. The molecule has 0 heterocycles. The van der Waals surface area contributed by atoms with Crippen molar-refractivity contribution in [2.24, 2.45) is 11.8 Å². The molecule has 0 radical (unpaired) electrons. The highest BCUT2D eigenvalue weighted by molar-refractivity contribution is 6.03. The number of aryl methyl sites for hydroxylation is 1. The average molecular weight is 350 g/mol. The Morgan fingerprint density at radius 2 is 1.54 bits per heavy atom. The molecule has 5 heteroatoms. The first-order valence-corrected chi connectivity index (χ1v) is 8.79. The average Bonchev–Trinajstić information content (AvgIpc) is 3.43. The Balaban J connectivity index is 1.55. The van der Waals surface area contributed by atoms with E-state index in [1.165, 1.54) is 12.5 Å². The van der Waals surface area contributed by atoms with Crippen molar-refractivity contribution in [2.75, 3.05) is 10.6 Å². The third kappa shape index (κ3) is 4.17. The van der Waals surface area contributed by atoms with Crippen LogP contribution in [0.2, 0.25) is 0 Å². The summed E-state index contributed by atoms with van der Waals surface area (Å²) >= 11 is 0.